The maximum absolute atomic E-state index is 5.85. The lowest BCUT2D eigenvalue weighted by Crippen LogP contribution is -1.98. The molecule has 0 aliphatic carbocycles. The van der Waals surface area contributed by atoms with E-state index in [1.54, 1.807) is 20.5 Å². The van der Waals surface area contributed by atoms with Gasteiger partial charge in [0.1, 0.15) is 5.58 Å². The second-order valence-corrected chi connectivity index (χ2v) is 7.74. The molecule has 32 heavy (non-hydrogen) atoms. The van der Waals surface area contributed by atoms with Gasteiger partial charge in [0.2, 0.25) is 5.95 Å². The van der Waals surface area contributed by atoms with Crippen LogP contribution in [-0.2, 0) is 0 Å². The van der Waals surface area contributed by atoms with E-state index in [9.17, 15) is 0 Å². The number of fused-ring (bicyclic) bond motifs is 2. The highest BCUT2D eigenvalue weighted by Gasteiger charge is 2.17. The summed E-state index contributed by atoms with van der Waals surface area (Å²) in [6.45, 7) is 4.18. The average molecular weight is 425 g/mol. The molecule has 160 valence electrons. The van der Waals surface area contributed by atoms with Crippen LogP contribution in [-0.4, -0.2) is 24.2 Å². The van der Waals surface area contributed by atoms with E-state index in [1.165, 1.54) is 11.1 Å². The Morgan fingerprint density at radius 2 is 1.56 bits per heavy atom. The fourth-order valence-electron chi connectivity index (χ4n) is 3.91. The number of anilines is 2. The fraction of sp³-hybridized carbons (Fsp3) is 0.154. The molecule has 0 radical (unpaired) electrons. The van der Waals surface area contributed by atoms with Gasteiger partial charge in [-0.05, 0) is 72.1 Å². The minimum absolute atomic E-state index is 0.534. The summed E-state index contributed by atoms with van der Waals surface area (Å²) in [5.74, 6) is 1.87. The molecule has 1 N–H and O–H groups in total. The van der Waals surface area contributed by atoms with Crippen molar-refractivity contribution in [3.8, 4) is 22.6 Å². The second kappa shape index (κ2) is 7.89. The van der Waals surface area contributed by atoms with Crippen molar-refractivity contribution in [3.63, 3.8) is 0 Å². The molecule has 0 spiro atoms. The SMILES string of the molecule is COc1cc2cc3ccoc3c(-c3cnc(Nc4ccc(C)c(C)c4)nc3)c2cc1OC. The van der Waals surface area contributed by atoms with Gasteiger partial charge >= 0.3 is 0 Å². The monoisotopic (exact) mass is 425 g/mol. The minimum Gasteiger partial charge on any atom is -0.493 e. The number of furan rings is 1. The smallest absolute Gasteiger partial charge is 0.227 e. The molecule has 0 saturated heterocycles. The molecular weight excluding hydrogens is 402 g/mol. The Kier molecular flexibility index (Phi) is 4.90. The van der Waals surface area contributed by atoms with Gasteiger partial charge < -0.3 is 19.2 Å². The van der Waals surface area contributed by atoms with Gasteiger partial charge in [0.15, 0.2) is 11.5 Å². The van der Waals surface area contributed by atoms with E-state index in [1.807, 2.05) is 36.7 Å². The quantitative estimate of drug-likeness (QED) is 0.350. The summed E-state index contributed by atoms with van der Waals surface area (Å²) in [6.07, 6.45) is 5.31. The van der Waals surface area contributed by atoms with Gasteiger partial charge in [0.25, 0.3) is 0 Å². The number of aromatic nitrogens is 2. The number of hydrogen-bond acceptors (Lipinski definition) is 6. The predicted octanol–water partition coefficient (Wildman–Crippen LogP) is 6.42. The first-order chi connectivity index (χ1) is 15.6. The molecule has 5 aromatic rings. The largest absolute Gasteiger partial charge is 0.493 e. The van der Waals surface area contributed by atoms with Crippen LogP contribution in [0.15, 0.2) is 65.5 Å². The van der Waals surface area contributed by atoms with Gasteiger partial charge in [-0.1, -0.05) is 6.07 Å². The summed E-state index contributed by atoms with van der Waals surface area (Å²) in [4.78, 5) is 9.11. The van der Waals surface area contributed by atoms with Crippen LogP contribution in [0.2, 0.25) is 0 Å². The number of nitrogens with zero attached hydrogens (tertiary/aromatic N) is 2. The zero-order chi connectivity index (χ0) is 22.2. The first-order valence-corrected chi connectivity index (χ1v) is 10.3. The molecule has 0 unspecified atom stereocenters. The lowest BCUT2D eigenvalue weighted by atomic mass is 9.97. The van der Waals surface area contributed by atoms with Crippen LogP contribution in [0.3, 0.4) is 0 Å². The van der Waals surface area contributed by atoms with E-state index >= 15 is 0 Å². The van der Waals surface area contributed by atoms with Crippen LogP contribution < -0.4 is 14.8 Å². The van der Waals surface area contributed by atoms with Crippen LogP contribution in [0.5, 0.6) is 11.5 Å². The maximum atomic E-state index is 5.85. The van der Waals surface area contributed by atoms with Crippen LogP contribution in [0.25, 0.3) is 32.9 Å². The van der Waals surface area contributed by atoms with E-state index in [2.05, 4.69) is 47.3 Å². The molecular formula is C26H23N3O3. The molecule has 5 rings (SSSR count). The zero-order valence-corrected chi connectivity index (χ0v) is 18.4. The average Bonchev–Trinajstić information content (AvgIpc) is 3.27. The Hall–Kier alpha value is -4.06. The molecule has 3 aromatic carbocycles. The Bertz CT molecular complexity index is 1440. The summed E-state index contributed by atoms with van der Waals surface area (Å²) in [6, 6.07) is 14.2. The normalized spacial score (nSPS) is 11.1. The van der Waals surface area contributed by atoms with Crippen molar-refractivity contribution < 1.29 is 13.9 Å². The van der Waals surface area contributed by atoms with E-state index in [4.69, 9.17) is 13.9 Å². The summed E-state index contributed by atoms with van der Waals surface area (Å²) in [5, 5.41) is 6.26. The fourth-order valence-corrected chi connectivity index (χ4v) is 3.91. The van der Waals surface area contributed by atoms with Crippen molar-refractivity contribution in [2.75, 3.05) is 19.5 Å². The number of nitrogens with one attached hydrogen (secondary N) is 1. The van der Waals surface area contributed by atoms with E-state index in [-0.39, 0.29) is 0 Å². The minimum atomic E-state index is 0.534. The molecule has 0 aliphatic rings. The summed E-state index contributed by atoms with van der Waals surface area (Å²) in [5.41, 5.74) is 5.97. The van der Waals surface area contributed by atoms with Crippen molar-refractivity contribution >= 4 is 33.4 Å². The first kappa shape index (κ1) is 19.9. The molecule has 0 amide bonds. The molecule has 0 atom stereocenters. The third-order valence-corrected chi connectivity index (χ3v) is 5.76. The number of hydrogen-bond donors (Lipinski definition) is 1. The predicted molar refractivity (Wildman–Crippen MR) is 127 cm³/mol. The summed E-state index contributed by atoms with van der Waals surface area (Å²) < 4.78 is 16.9. The van der Waals surface area contributed by atoms with Gasteiger partial charge in [-0.2, -0.15) is 0 Å². The Morgan fingerprint density at radius 3 is 2.28 bits per heavy atom. The van der Waals surface area contributed by atoms with Gasteiger partial charge in [-0.15, -0.1) is 0 Å². The molecule has 2 aromatic heterocycles. The van der Waals surface area contributed by atoms with Crippen molar-refractivity contribution in [2.24, 2.45) is 0 Å². The molecule has 0 saturated carbocycles. The van der Waals surface area contributed by atoms with Gasteiger partial charge in [-0.25, -0.2) is 9.97 Å². The van der Waals surface area contributed by atoms with Crippen molar-refractivity contribution in [3.05, 3.63) is 72.2 Å². The number of benzene rings is 3. The summed E-state index contributed by atoms with van der Waals surface area (Å²) in [7, 11) is 3.27. The highest BCUT2D eigenvalue weighted by molar-refractivity contribution is 6.11. The Balaban J connectivity index is 1.61. The highest BCUT2D eigenvalue weighted by Crippen LogP contribution is 2.41. The Morgan fingerprint density at radius 1 is 0.812 bits per heavy atom. The Labute approximate surface area is 185 Å². The summed E-state index contributed by atoms with van der Waals surface area (Å²) >= 11 is 0. The van der Waals surface area contributed by atoms with Gasteiger partial charge in [-0.3, -0.25) is 0 Å². The van der Waals surface area contributed by atoms with E-state index in [0.717, 1.165) is 38.6 Å². The maximum Gasteiger partial charge on any atom is 0.227 e. The number of methoxy groups -OCH3 is 2. The van der Waals surface area contributed by atoms with Crippen molar-refractivity contribution in [1.29, 1.82) is 0 Å². The standard InChI is InChI=1S/C26H23N3O3/c1-15-5-6-20(9-16(15)2)29-26-27-13-19(14-28-26)24-21-12-23(31-4)22(30-3)11-18(21)10-17-7-8-32-25(17)24/h5-14H,1-4H3,(H,27,28,29). The molecule has 0 aliphatic heterocycles. The number of aryl methyl sites for hydroxylation is 2. The third-order valence-electron chi connectivity index (χ3n) is 5.76. The lowest BCUT2D eigenvalue weighted by molar-refractivity contribution is 0.356. The van der Waals surface area contributed by atoms with Crippen LogP contribution in [0.1, 0.15) is 11.1 Å². The second-order valence-electron chi connectivity index (χ2n) is 7.74. The molecule has 2 heterocycles. The molecule has 0 fully saturated rings. The third kappa shape index (κ3) is 3.39. The van der Waals surface area contributed by atoms with Gasteiger partial charge in [0, 0.05) is 34.6 Å². The topological polar surface area (TPSA) is 69.4 Å². The molecule has 6 heteroatoms. The van der Waals surface area contributed by atoms with Crippen molar-refractivity contribution in [2.45, 2.75) is 13.8 Å². The van der Waals surface area contributed by atoms with Crippen LogP contribution >= 0.6 is 0 Å². The first-order valence-electron chi connectivity index (χ1n) is 10.3. The van der Waals surface area contributed by atoms with Crippen LogP contribution in [0.4, 0.5) is 11.6 Å². The van der Waals surface area contributed by atoms with Gasteiger partial charge in [0.05, 0.1) is 20.5 Å². The zero-order valence-electron chi connectivity index (χ0n) is 18.4. The number of ether oxygens (including phenoxy) is 2. The lowest BCUT2D eigenvalue weighted by Gasteiger charge is -2.13. The van der Waals surface area contributed by atoms with Crippen LogP contribution in [0, 0.1) is 13.8 Å². The number of rotatable bonds is 5. The molecule has 6 nitrogen and oxygen atoms in total. The van der Waals surface area contributed by atoms with Crippen molar-refractivity contribution in [1.82, 2.24) is 9.97 Å². The van der Waals surface area contributed by atoms with E-state index < -0.39 is 0 Å². The highest BCUT2D eigenvalue weighted by atomic mass is 16.5. The molecule has 0 bridgehead atoms. The van der Waals surface area contributed by atoms with E-state index in [0.29, 0.717) is 17.4 Å².